The molecule has 0 spiro atoms. The Bertz CT molecular complexity index is 177. The van der Waals surface area contributed by atoms with E-state index in [4.69, 9.17) is 20.4 Å². The Morgan fingerprint density at radius 1 is 1.33 bits per heavy atom. The quantitative estimate of drug-likeness (QED) is 0.277. The first kappa shape index (κ1) is 9.85. The van der Waals surface area contributed by atoms with Gasteiger partial charge in [-0.1, -0.05) is 0 Å². The molecule has 0 aromatic carbocycles. The maximum absolute atomic E-state index is 9.20. The average molecular weight is 180 g/mol. The van der Waals surface area contributed by atoms with Crippen LogP contribution in [0.15, 0.2) is 0 Å². The Labute approximate surface area is 68.6 Å². The highest BCUT2D eigenvalue weighted by Crippen LogP contribution is 2.35. The molecule has 1 fully saturated rings. The van der Waals surface area contributed by atoms with Gasteiger partial charge in [0.15, 0.2) is 0 Å². The smallest absolute Gasteiger partial charge is 0.247 e. The Morgan fingerprint density at radius 3 is 2.00 bits per heavy atom. The molecule has 0 bridgehead atoms. The molecular formula is C6H12O6. The van der Waals surface area contributed by atoms with E-state index in [1.54, 1.807) is 0 Å². The SMILES string of the molecule is C[C@]1(O)O[C@H](CO)[C@@H](O)C1(O)O. The summed E-state index contributed by atoms with van der Waals surface area (Å²) in [4.78, 5) is 0. The molecule has 3 atom stereocenters. The van der Waals surface area contributed by atoms with Gasteiger partial charge in [-0.15, -0.1) is 0 Å². The molecular weight excluding hydrogens is 168 g/mol. The van der Waals surface area contributed by atoms with Crippen molar-refractivity contribution in [2.75, 3.05) is 6.61 Å². The maximum atomic E-state index is 9.20. The number of aliphatic hydroxyl groups is 5. The van der Waals surface area contributed by atoms with Gasteiger partial charge in [0.2, 0.25) is 11.6 Å². The molecule has 6 heteroatoms. The van der Waals surface area contributed by atoms with Crippen LogP contribution in [0.3, 0.4) is 0 Å². The lowest BCUT2D eigenvalue weighted by Gasteiger charge is -2.28. The first-order valence-corrected chi connectivity index (χ1v) is 3.47. The zero-order valence-electron chi connectivity index (χ0n) is 6.51. The Kier molecular flexibility index (Phi) is 2.15. The lowest BCUT2D eigenvalue weighted by molar-refractivity contribution is -0.336. The summed E-state index contributed by atoms with van der Waals surface area (Å²) in [6.07, 6.45) is -2.91. The van der Waals surface area contributed by atoms with Crippen LogP contribution in [0.25, 0.3) is 0 Å². The summed E-state index contributed by atoms with van der Waals surface area (Å²) in [5.74, 6) is -5.01. The highest BCUT2D eigenvalue weighted by Gasteiger charge is 2.61. The van der Waals surface area contributed by atoms with E-state index in [9.17, 15) is 5.11 Å². The van der Waals surface area contributed by atoms with Gasteiger partial charge < -0.3 is 30.3 Å². The van der Waals surface area contributed by atoms with Crippen LogP contribution >= 0.6 is 0 Å². The van der Waals surface area contributed by atoms with Gasteiger partial charge >= 0.3 is 0 Å². The molecule has 1 aliphatic rings. The minimum absolute atomic E-state index is 0.597. The summed E-state index contributed by atoms with van der Waals surface area (Å²) in [7, 11) is 0. The monoisotopic (exact) mass is 180 g/mol. The van der Waals surface area contributed by atoms with Crippen LogP contribution in [-0.4, -0.2) is 55.9 Å². The lowest BCUT2D eigenvalue weighted by atomic mass is 10.0. The summed E-state index contributed by atoms with van der Waals surface area (Å²) < 4.78 is 4.58. The van der Waals surface area contributed by atoms with Gasteiger partial charge in [-0.05, 0) is 6.92 Å². The van der Waals surface area contributed by atoms with Gasteiger partial charge in [-0.3, -0.25) is 0 Å². The Balaban J connectivity index is 2.88. The molecule has 0 amide bonds. The third-order valence-corrected chi connectivity index (χ3v) is 2.01. The maximum Gasteiger partial charge on any atom is 0.247 e. The van der Waals surface area contributed by atoms with E-state index in [1.807, 2.05) is 0 Å². The molecule has 6 nitrogen and oxygen atoms in total. The number of aliphatic hydroxyl groups excluding tert-OH is 2. The Morgan fingerprint density at radius 2 is 1.83 bits per heavy atom. The van der Waals surface area contributed by atoms with E-state index in [-0.39, 0.29) is 0 Å². The van der Waals surface area contributed by atoms with Crippen LogP contribution in [0, 0.1) is 0 Å². The minimum atomic E-state index is -2.75. The molecule has 0 aliphatic carbocycles. The topological polar surface area (TPSA) is 110 Å². The largest absolute Gasteiger partial charge is 0.394 e. The van der Waals surface area contributed by atoms with Crippen LogP contribution in [0.5, 0.6) is 0 Å². The van der Waals surface area contributed by atoms with Crippen molar-refractivity contribution in [3.05, 3.63) is 0 Å². The minimum Gasteiger partial charge on any atom is -0.394 e. The number of ether oxygens (including phenoxy) is 1. The van der Waals surface area contributed by atoms with E-state index >= 15 is 0 Å². The molecule has 5 N–H and O–H groups in total. The molecule has 0 radical (unpaired) electrons. The molecule has 1 saturated heterocycles. The van der Waals surface area contributed by atoms with Crippen molar-refractivity contribution in [3.8, 4) is 0 Å². The molecule has 1 aliphatic heterocycles. The predicted molar refractivity (Wildman–Crippen MR) is 35.8 cm³/mol. The van der Waals surface area contributed by atoms with Crippen molar-refractivity contribution in [1.29, 1.82) is 0 Å². The van der Waals surface area contributed by atoms with Crippen molar-refractivity contribution < 1.29 is 30.3 Å². The molecule has 1 heterocycles. The van der Waals surface area contributed by atoms with E-state index in [1.165, 1.54) is 0 Å². The summed E-state index contributed by atoms with van der Waals surface area (Å²) in [6.45, 7) is 0.395. The fraction of sp³-hybridized carbons (Fsp3) is 1.00. The van der Waals surface area contributed by atoms with Gasteiger partial charge in [0.1, 0.15) is 12.2 Å². The summed E-state index contributed by atoms with van der Waals surface area (Å²) in [5.41, 5.74) is 0. The second-order valence-electron chi connectivity index (χ2n) is 2.99. The molecule has 0 aromatic heterocycles. The average Bonchev–Trinajstić information content (AvgIpc) is 2.11. The van der Waals surface area contributed by atoms with Crippen molar-refractivity contribution in [3.63, 3.8) is 0 Å². The Hall–Kier alpha value is -0.240. The molecule has 12 heavy (non-hydrogen) atoms. The highest BCUT2D eigenvalue weighted by atomic mass is 16.7. The van der Waals surface area contributed by atoms with Crippen molar-refractivity contribution in [2.24, 2.45) is 0 Å². The fourth-order valence-corrected chi connectivity index (χ4v) is 1.12. The number of hydrogen-bond acceptors (Lipinski definition) is 6. The highest BCUT2D eigenvalue weighted by molar-refractivity contribution is 4.98. The van der Waals surface area contributed by atoms with Gasteiger partial charge in [0.25, 0.3) is 0 Å². The lowest BCUT2D eigenvalue weighted by Crippen LogP contribution is -2.55. The standard InChI is InChI=1S/C6H12O6/c1-5(9)6(10,11)4(8)3(2-7)12-5/h3-4,7-11H,2H2,1H3/t3-,4-,5+/m1/s1. The van der Waals surface area contributed by atoms with Crippen LogP contribution in [0.4, 0.5) is 0 Å². The third-order valence-electron chi connectivity index (χ3n) is 2.01. The zero-order valence-corrected chi connectivity index (χ0v) is 6.51. The molecule has 72 valence electrons. The summed E-state index contributed by atoms with van der Waals surface area (Å²) >= 11 is 0. The summed E-state index contributed by atoms with van der Waals surface area (Å²) in [5, 5.41) is 45.1. The molecule has 0 aromatic rings. The first-order valence-electron chi connectivity index (χ1n) is 3.47. The number of hydrogen-bond donors (Lipinski definition) is 5. The summed E-state index contributed by atoms with van der Waals surface area (Å²) in [6, 6.07) is 0. The van der Waals surface area contributed by atoms with Crippen molar-refractivity contribution in [1.82, 2.24) is 0 Å². The second-order valence-corrected chi connectivity index (χ2v) is 2.99. The van der Waals surface area contributed by atoms with Gasteiger partial charge in [0.05, 0.1) is 6.61 Å². The van der Waals surface area contributed by atoms with Gasteiger partial charge in [0, 0.05) is 0 Å². The zero-order chi connectivity index (χ0) is 9.57. The van der Waals surface area contributed by atoms with Gasteiger partial charge in [-0.2, -0.15) is 0 Å². The first-order chi connectivity index (χ1) is 5.33. The van der Waals surface area contributed by atoms with Gasteiger partial charge in [-0.25, -0.2) is 0 Å². The predicted octanol–water partition coefficient (Wildman–Crippen LogP) is -2.87. The molecule has 0 unspecified atom stereocenters. The van der Waals surface area contributed by atoms with E-state index < -0.39 is 30.4 Å². The number of rotatable bonds is 1. The third kappa shape index (κ3) is 1.13. The van der Waals surface area contributed by atoms with E-state index in [0.717, 1.165) is 6.92 Å². The van der Waals surface area contributed by atoms with Crippen LogP contribution in [-0.2, 0) is 4.74 Å². The molecule has 1 rings (SSSR count). The van der Waals surface area contributed by atoms with Crippen molar-refractivity contribution in [2.45, 2.75) is 30.7 Å². The molecule has 0 saturated carbocycles. The normalized spacial score (nSPS) is 46.5. The van der Waals surface area contributed by atoms with Crippen LogP contribution in [0.2, 0.25) is 0 Å². The van der Waals surface area contributed by atoms with Crippen molar-refractivity contribution >= 4 is 0 Å². The van der Waals surface area contributed by atoms with Crippen LogP contribution in [0.1, 0.15) is 6.92 Å². The second kappa shape index (κ2) is 2.63. The van der Waals surface area contributed by atoms with E-state index in [2.05, 4.69) is 4.74 Å². The fourth-order valence-electron chi connectivity index (χ4n) is 1.12. The van der Waals surface area contributed by atoms with Crippen LogP contribution < -0.4 is 0 Å². The van der Waals surface area contributed by atoms with E-state index in [0.29, 0.717) is 0 Å².